The minimum atomic E-state index is -0.462. The van der Waals surface area contributed by atoms with Crippen molar-refractivity contribution in [1.29, 1.82) is 0 Å². The molecule has 0 spiro atoms. The standard InChI is InChI=1S/C19H18ClN5O3/c1-10-5-6-13(11(2)7-10)16-21-12(9-28-16)8-25-14-15(22-18(25)20)23(3)19(27)24(4)17(14)26/h5-7,9H,8H2,1-4H3. The van der Waals surface area contributed by atoms with Crippen LogP contribution >= 0.6 is 11.6 Å². The molecule has 0 aliphatic rings. The first-order valence-electron chi connectivity index (χ1n) is 8.61. The van der Waals surface area contributed by atoms with Gasteiger partial charge in [-0.15, -0.1) is 0 Å². The molecule has 4 rings (SSSR count). The maximum Gasteiger partial charge on any atom is 0.332 e. The number of hydrogen-bond acceptors (Lipinski definition) is 5. The van der Waals surface area contributed by atoms with Gasteiger partial charge in [-0.05, 0) is 37.1 Å². The van der Waals surface area contributed by atoms with Gasteiger partial charge in [0, 0.05) is 19.7 Å². The third-order valence-electron chi connectivity index (χ3n) is 4.79. The van der Waals surface area contributed by atoms with Crippen molar-refractivity contribution in [1.82, 2.24) is 23.7 Å². The number of aromatic nitrogens is 5. The number of nitrogens with zero attached hydrogens (tertiary/aromatic N) is 5. The Hall–Kier alpha value is -3.13. The smallest absolute Gasteiger partial charge is 0.332 e. The zero-order chi connectivity index (χ0) is 20.2. The summed E-state index contributed by atoms with van der Waals surface area (Å²) in [4.78, 5) is 33.4. The molecule has 0 radical (unpaired) electrons. The highest BCUT2D eigenvalue weighted by atomic mass is 35.5. The number of benzene rings is 1. The minimum absolute atomic E-state index is 0.101. The summed E-state index contributed by atoms with van der Waals surface area (Å²) in [5.41, 5.74) is 3.26. The van der Waals surface area contributed by atoms with Crippen LogP contribution in [0.3, 0.4) is 0 Å². The van der Waals surface area contributed by atoms with E-state index < -0.39 is 11.2 Å². The zero-order valence-electron chi connectivity index (χ0n) is 15.9. The average molecular weight is 400 g/mol. The van der Waals surface area contributed by atoms with Crippen molar-refractivity contribution in [2.45, 2.75) is 20.4 Å². The number of rotatable bonds is 3. The van der Waals surface area contributed by atoms with Gasteiger partial charge in [0.2, 0.25) is 11.2 Å². The van der Waals surface area contributed by atoms with Crippen molar-refractivity contribution >= 4 is 22.8 Å². The average Bonchev–Trinajstić information content (AvgIpc) is 3.24. The van der Waals surface area contributed by atoms with Crippen LogP contribution in [0.25, 0.3) is 22.6 Å². The number of imidazole rings is 1. The Morgan fingerprint density at radius 2 is 1.86 bits per heavy atom. The molecule has 0 aliphatic carbocycles. The lowest BCUT2D eigenvalue weighted by molar-refractivity contribution is 0.571. The fourth-order valence-corrected chi connectivity index (χ4v) is 3.51. The maximum atomic E-state index is 12.6. The van der Waals surface area contributed by atoms with E-state index in [0.29, 0.717) is 11.6 Å². The van der Waals surface area contributed by atoms with Gasteiger partial charge in [-0.3, -0.25) is 13.9 Å². The van der Waals surface area contributed by atoms with Gasteiger partial charge < -0.3 is 8.98 Å². The summed E-state index contributed by atoms with van der Waals surface area (Å²) in [5.74, 6) is 0.494. The van der Waals surface area contributed by atoms with Crippen LogP contribution in [0, 0.1) is 13.8 Å². The van der Waals surface area contributed by atoms with E-state index in [1.165, 1.54) is 22.4 Å². The Kier molecular flexibility index (Phi) is 4.23. The second kappa shape index (κ2) is 6.49. The monoisotopic (exact) mass is 399 g/mol. The summed E-state index contributed by atoms with van der Waals surface area (Å²) in [6.45, 7) is 4.21. The Labute approximate surface area is 164 Å². The van der Waals surface area contributed by atoms with Gasteiger partial charge in [-0.1, -0.05) is 17.7 Å². The second-order valence-electron chi connectivity index (χ2n) is 6.81. The second-order valence-corrected chi connectivity index (χ2v) is 7.15. The van der Waals surface area contributed by atoms with Gasteiger partial charge >= 0.3 is 5.69 Å². The van der Waals surface area contributed by atoms with Gasteiger partial charge in [-0.2, -0.15) is 4.98 Å². The van der Waals surface area contributed by atoms with Crippen LogP contribution in [0.1, 0.15) is 16.8 Å². The van der Waals surface area contributed by atoms with E-state index in [4.69, 9.17) is 16.0 Å². The summed E-state index contributed by atoms with van der Waals surface area (Å²) in [7, 11) is 2.97. The molecule has 4 aromatic rings. The van der Waals surface area contributed by atoms with E-state index in [1.54, 1.807) is 7.05 Å². The normalized spacial score (nSPS) is 11.5. The first-order chi connectivity index (χ1) is 13.3. The number of halogens is 1. The minimum Gasteiger partial charge on any atom is -0.444 e. The molecule has 3 heterocycles. The van der Waals surface area contributed by atoms with Gasteiger partial charge in [0.15, 0.2) is 11.2 Å². The number of hydrogen-bond donors (Lipinski definition) is 0. The topological polar surface area (TPSA) is 87.9 Å². The molecular weight excluding hydrogens is 382 g/mol. The highest BCUT2D eigenvalue weighted by Gasteiger charge is 2.19. The molecule has 0 bridgehead atoms. The molecule has 1 aromatic carbocycles. The van der Waals surface area contributed by atoms with Crippen molar-refractivity contribution < 1.29 is 4.42 Å². The first kappa shape index (κ1) is 18.2. The fraction of sp³-hybridized carbons (Fsp3) is 0.263. The Bertz CT molecular complexity index is 1340. The summed E-state index contributed by atoms with van der Waals surface area (Å²) < 4.78 is 9.50. The summed E-state index contributed by atoms with van der Waals surface area (Å²) in [6.07, 6.45) is 1.53. The summed E-state index contributed by atoms with van der Waals surface area (Å²) >= 11 is 6.26. The Morgan fingerprint density at radius 1 is 1.11 bits per heavy atom. The SMILES string of the molecule is Cc1ccc(-c2nc(Cn3c(Cl)nc4c3c(=O)n(C)c(=O)n4C)co2)c(C)c1. The quantitative estimate of drug-likeness (QED) is 0.493. The summed E-state index contributed by atoms with van der Waals surface area (Å²) in [5, 5.41) is 0.101. The molecule has 0 amide bonds. The van der Waals surface area contributed by atoms with E-state index in [-0.39, 0.29) is 23.0 Å². The largest absolute Gasteiger partial charge is 0.444 e. The molecule has 28 heavy (non-hydrogen) atoms. The third-order valence-corrected chi connectivity index (χ3v) is 5.07. The molecule has 144 valence electrons. The van der Waals surface area contributed by atoms with Crippen LogP contribution in [0.2, 0.25) is 5.28 Å². The highest BCUT2D eigenvalue weighted by Crippen LogP contribution is 2.25. The van der Waals surface area contributed by atoms with Crippen LogP contribution in [0.5, 0.6) is 0 Å². The molecule has 8 nitrogen and oxygen atoms in total. The first-order valence-corrected chi connectivity index (χ1v) is 8.99. The molecule has 0 unspecified atom stereocenters. The van der Waals surface area contributed by atoms with Gasteiger partial charge in [0.05, 0.1) is 12.2 Å². The predicted octanol–water partition coefficient (Wildman–Crippen LogP) is 2.41. The predicted molar refractivity (Wildman–Crippen MR) is 106 cm³/mol. The van der Waals surface area contributed by atoms with Crippen molar-refractivity contribution in [3.63, 3.8) is 0 Å². The van der Waals surface area contributed by atoms with Crippen molar-refractivity contribution in [3.05, 3.63) is 67.4 Å². The molecule has 0 saturated carbocycles. The van der Waals surface area contributed by atoms with Crippen LogP contribution in [0.4, 0.5) is 0 Å². The Balaban J connectivity index is 1.80. The fourth-order valence-electron chi connectivity index (χ4n) is 3.28. The van der Waals surface area contributed by atoms with Crippen LogP contribution in [0.15, 0.2) is 38.5 Å². The number of oxazole rings is 1. The number of aryl methyl sites for hydroxylation is 3. The number of fused-ring (bicyclic) bond motifs is 1. The highest BCUT2D eigenvalue weighted by molar-refractivity contribution is 6.29. The van der Waals surface area contributed by atoms with Crippen molar-refractivity contribution in [2.75, 3.05) is 0 Å². The summed E-state index contributed by atoms with van der Waals surface area (Å²) in [6, 6.07) is 6.02. The van der Waals surface area contributed by atoms with E-state index in [0.717, 1.165) is 21.3 Å². The molecular formula is C19H18ClN5O3. The molecule has 0 aliphatic heterocycles. The zero-order valence-corrected chi connectivity index (χ0v) is 16.6. The van der Waals surface area contributed by atoms with Crippen LogP contribution < -0.4 is 11.2 Å². The molecule has 0 atom stereocenters. The van der Waals surface area contributed by atoms with Crippen molar-refractivity contribution in [2.24, 2.45) is 14.1 Å². The molecule has 9 heteroatoms. The maximum absolute atomic E-state index is 12.6. The van der Waals surface area contributed by atoms with Gasteiger partial charge in [-0.25, -0.2) is 9.78 Å². The molecule has 3 aromatic heterocycles. The lowest BCUT2D eigenvalue weighted by Crippen LogP contribution is -2.37. The molecule has 0 saturated heterocycles. The van der Waals surface area contributed by atoms with E-state index in [9.17, 15) is 9.59 Å². The van der Waals surface area contributed by atoms with Crippen molar-refractivity contribution in [3.8, 4) is 11.5 Å². The van der Waals surface area contributed by atoms with Crippen LogP contribution in [-0.2, 0) is 20.6 Å². The van der Waals surface area contributed by atoms with E-state index >= 15 is 0 Å². The lowest BCUT2D eigenvalue weighted by Gasteiger charge is -2.05. The van der Waals surface area contributed by atoms with E-state index in [2.05, 4.69) is 16.0 Å². The third kappa shape index (κ3) is 2.77. The van der Waals surface area contributed by atoms with Crippen LogP contribution in [-0.4, -0.2) is 23.7 Å². The lowest BCUT2D eigenvalue weighted by atomic mass is 10.1. The van der Waals surface area contributed by atoms with E-state index in [1.807, 2.05) is 26.0 Å². The molecule has 0 fully saturated rings. The van der Waals surface area contributed by atoms with Gasteiger partial charge in [0.1, 0.15) is 6.26 Å². The molecule has 0 N–H and O–H groups in total. The Morgan fingerprint density at radius 3 is 2.57 bits per heavy atom. The van der Waals surface area contributed by atoms with Gasteiger partial charge in [0.25, 0.3) is 5.56 Å².